The summed E-state index contributed by atoms with van der Waals surface area (Å²) >= 11 is 0. The largest absolute Gasteiger partial charge is 0.387 e. The van der Waals surface area contributed by atoms with Gasteiger partial charge in [-0.25, -0.2) is 0 Å². The molecule has 0 aromatic rings. The number of aliphatic hydroxyl groups is 1. The Bertz CT molecular complexity index is 167. The van der Waals surface area contributed by atoms with Crippen LogP contribution in [0.15, 0.2) is 0 Å². The first kappa shape index (κ1) is 8.52. The zero-order chi connectivity index (χ0) is 8.60. The summed E-state index contributed by atoms with van der Waals surface area (Å²) in [6, 6.07) is 0.562. The Morgan fingerprint density at radius 1 is 1.08 bits per heavy atom. The second kappa shape index (κ2) is 3.00. The normalized spacial score (nSPS) is 48.5. The van der Waals surface area contributed by atoms with Crippen molar-refractivity contribution in [2.45, 2.75) is 44.2 Å². The summed E-state index contributed by atoms with van der Waals surface area (Å²) in [4.78, 5) is 0. The summed E-state index contributed by atoms with van der Waals surface area (Å²) in [7, 11) is 2.33. The van der Waals surface area contributed by atoms with E-state index in [4.69, 9.17) is 0 Å². The maximum Gasteiger partial charge on any atom is 0.115 e. The molecular weight excluding hydrogens is 150 g/mol. The van der Waals surface area contributed by atoms with E-state index >= 15 is 0 Å². The van der Waals surface area contributed by atoms with E-state index < -0.39 is 0 Å². The van der Waals surface area contributed by atoms with Crippen LogP contribution in [0.5, 0.6) is 0 Å². The van der Waals surface area contributed by atoms with E-state index in [2.05, 4.69) is 7.05 Å². The molecule has 0 saturated carbocycles. The van der Waals surface area contributed by atoms with Gasteiger partial charge in [0.2, 0.25) is 0 Å². The lowest BCUT2D eigenvalue weighted by Crippen LogP contribution is -2.62. The van der Waals surface area contributed by atoms with E-state index in [1.165, 1.54) is 38.8 Å². The van der Waals surface area contributed by atoms with Gasteiger partial charge in [-0.05, 0) is 25.7 Å². The molecular formula is C10H20NO+. The minimum atomic E-state index is -0.0101. The van der Waals surface area contributed by atoms with Crippen LogP contribution in [0, 0.1) is 0 Å². The van der Waals surface area contributed by atoms with Crippen molar-refractivity contribution in [3.05, 3.63) is 0 Å². The van der Waals surface area contributed by atoms with Gasteiger partial charge in [-0.1, -0.05) is 0 Å². The van der Waals surface area contributed by atoms with Gasteiger partial charge in [0.1, 0.15) is 12.1 Å². The quantitative estimate of drug-likeness (QED) is 0.541. The number of aliphatic hydroxyl groups excluding tert-OH is 1. The Balaban J connectivity index is 2.12. The summed E-state index contributed by atoms with van der Waals surface area (Å²) in [5.41, 5.74) is 0. The van der Waals surface area contributed by atoms with Crippen molar-refractivity contribution in [2.24, 2.45) is 0 Å². The topological polar surface area (TPSA) is 20.2 Å². The number of piperidine rings is 2. The first-order valence-electron chi connectivity index (χ1n) is 5.25. The number of likely N-dealkylation sites (N-methyl/N-ethyl adjacent to an activating group) is 1. The van der Waals surface area contributed by atoms with E-state index in [-0.39, 0.29) is 6.10 Å². The molecule has 0 aromatic heterocycles. The Hall–Kier alpha value is -0.0800. The number of hydrogen-bond acceptors (Lipinski definition) is 1. The fourth-order valence-electron chi connectivity index (χ4n) is 3.04. The van der Waals surface area contributed by atoms with Crippen molar-refractivity contribution in [3.63, 3.8) is 0 Å². The van der Waals surface area contributed by atoms with Crippen LogP contribution >= 0.6 is 0 Å². The molecule has 0 amide bonds. The number of fused-ring (bicyclic) bond motifs is 1. The average molecular weight is 170 g/mol. The van der Waals surface area contributed by atoms with Gasteiger partial charge >= 0.3 is 0 Å². The van der Waals surface area contributed by atoms with Crippen molar-refractivity contribution < 1.29 is 9.59 Å². The highest BCUT2D eigenvalue weighted by Crippen LogP contribution is 2.31. The van der Waals surface area contributed by atoms with Gasteiger partial charge in [0.05, 0.1) is 20.1 Å². The number of rotatable bonds is 0. The molecule has 70 valence electrons. The fraction of sp³-hybridized carbons (Fsp3) is 1.00. The molecule has 0 aliphatic carbocycles. The molecule has 0 radical (unpaired) electrons. The van der Waals surface area contributed by atoms with Crippen LogP contribution in [0.25, 0.3) is 0 Å². The number of quaternary nitrogens is 1. The van der Waals surface area contributed by atoms with Gasteiger partial charge < -0.3 is 9.59 Å². The van der Waals surface area contributed by atoms with Gasteiger partial charge in [0.15, 0.2) is 0 Å². The monoisotopic (exact) mass is 170 g/mol. The van der Waals surface area contributed by atoms with Crippen LogP contribution in [0.2, 0.25) is 0 Å². The van der Waals surface area contributed by atoms with Gasteiger partial charge in [0.25, 0.3) is 0 Å². The summed E-state index contributed by atoms with van der Waals surface area (Å²) < 4.78 is 1.15. The van der Waals surface area contributed by atoms with Crippen LogP contribution < -0.4 is 0 Å². The standard InChI is InChI=1S/C10H20NO/c1-11-7-3-2-5-9(11)10(12)6-4-8-11/h9-10,12H,2-8H2,1H3/q+1. The maximum atomic E-state index is 9.85. The summed E-state index contributed by atoms with van der Waals surface area (Å²) in [6.45, 7) is 2.59. The third kappa shape index (κ3) is 1.27. The minimum Gasteiger partial charge on any atom is -0.387 e. The lowest BCUT2D eigenvalue weighted by molar-refractivity contribution is -0.946. The highest BCUT2D eigenvalue weighted by molar-refractivity contribution is 4.77. The zero-order valence-electron chi connectivity index (χ0n) is 8.00. The molecule has 0 aromatic carbocycles. The van der Waals surface area contributed by atoms with Crippen molar-refractivity contribution in [2.75, 3.05) is 20.1 Å². The predicted molar refractivity (Wildman–Crippen MR) is 48.8 cm³/mol. The van der Waals surface area contributed by atoms with Gasteiger partial charge in [-0.2, -0.15) is 0 Å². The summed E-state index contributed by atoms with van der Waals surface area (Å²) in [6.07, 6.45) is 6.18. The molecule has 2 heteroatoms. The molecule has 2 saturated heterocycles. The Kier molecular flexibility index (Phi) is 2.13. The van der Waals surface area contributed by atoms with Crippen LogP contribution in [-0.2, 0) is 0 Å². The molecule has 3 atom stereocenters. The van der Waals surface area contributed by atoms with Crippen LogP contribution in [0.3, 0.4) is 0 Å². The van der Waals surface area contributed by atoms with E-state index in [1.54, 1.807) is 0 Å². The third-order valence-electron chi connectivity index (χ3n) is 3.83. The lowest BCUT2D eigenvalue weighted by atomic mass is 9.88. The lowest BCUT2D eigenvalue weighted by Gasteiger charge is -2.49. The SMILES string of the molecule is C[N+]12CCCCC1C(O)CCC2. The summed E-state index contributed by atoms with van der Waals surface area (Å²) in [5.74, 6) is 0. The zero-order valence-corrected chi connectivity index (χ0v) is 8.00. The van der Waals surface area contributed by atoms with Crippen LogP contribution in [-0.4, -0.2) is 41.9 Å². The van der Waals surface area contributed by atoms with Crippen LogP contribution in [0.1, 0.15) is 32.1 Å². The van der Waals surface area contributed by atoms with Crippen molar-refractivity contribution >= 4 is 0 Å². The smallest absolute Gasteiger partial charge is 0.115 e. The van der Waals surface area contributed by atoms with E-state index in [1.807, 2.05) is 0 Å². The predicted octanol–water partition coefficient (Wildman–Crippen LogP) is 1.14. The Morgan fingerprint density at radius 2 is 1.83 bits per heavy atom. The molecule has 12 heavy (non-hydrogen) atoms. The molecule has 1 N–H and O–H groups in total. The molecule has 2 rings (SSSR count). The highest BCUT2D eigenvalue weighted by Gasteiger charge is 2.42. The molecule has 2 aliphatic rings. The molecule has 0 spiro atoms. The molecule has 2 nitrogen and oxygen atoms in total. The first-order valence-corrected chi connectivity index (χ1v) is 5.25. The van der Waals surface area contributed by atoms with Crippen molar-refractivity contribution in [1.29, 1.82) is 0 Å². The molecule has 0 bridgehead atoms. The molecule has 2 fully saturated rings. The van der Waals surface area contributed by atoms with E-state index in [0.717, 1.165) is 10.9 Å². The second-order valence-corrected chi connectivity index (χ2v) is 4.70. The third-order valence-corrected chi connectivity index (χ3v) is 3.83. The van der Waals surface area contributed by atoms with Crippen LogP contribution in [0.4, 0.5) is 0 Å². The number of nitrogens with zero attached hydrogens (tertiary/aromatic N) is 1. The number of hydrogen-bond donors (Lipinski definition) is 1. The summed E-state index contributed by atoms with van der Waals surface area (Å²) in [5, 5.41) is 9.85. The van der Waals surface area contributed by atoms with E-state index in [0.29, 0.717) is 6.04 Å². The van der Waals surface area contributed by atoms with Gasteiger partial charge in [-0.3, -0.25) is 0 Å². The minimum absolute atomic E-state index is 0.0101. The molecule has 3 unspecified atom stereocenters. The second-order valence-electron chi connectivity index (χ2n) is 4.70. The van der Waals surface area contributed by atoms with Gasteiger partial charge in [-0.15, -0.1) is 0 Å². The first-order chi connectivity index (χ1) is 5.72. The molecule has 2 aliphatic heterocycles. The van der Waals surface area contributed by atoms with Crippen molar-refractivity contribution in [1.82, 2.24) is 0 Å². The van der Waals surface area contributed by atoms with Crippen molar-refractivity contribution in [3.8, 4) is 0 Å². The van der Waals surface area contributed by atoms with E-state index in [9.17, 15) is 5.11 Å². The Labute approximate surface area is 74.8 Å². The highest BCUT2D eigenvalue weighted by atomic mass is 16.3. The average Bonchev–Trinajstić information content (AvgIpc) is 2.04. The molecule has 2 heterocycles. The fourth-order valence-corrected chi connectivity index (χ4v) is 3.04. The Morgan fingerprint density at radius 3 is 2.58 bits per heavy atom. The van der Waals surface area contributed by atoms with Gasteiger partial charge in [0, 0.05) is 6.42 Å². The maximum absolute atomic E-state index is 9.85.